The van der Waals surface area contributed by atoms with Crippen LogP contribution >= 0.6 is 12.4 Å². The zero-order valence-electron chi connectivity index (χ0n) is 14.0. The summed E-state index contributed by atoms with van der Waals surface area (Å²) in [6.07, 6.45) is 3.54. The molecule has 1 saturated heterocycles. The van der Waals surface area contributed by atoms with E-state index in [1.165, 1.54) is 12.1 Å². The van der Waals surface area contributed by atoms with Gasteiger partial charge in [0.2, 0.25) is 0 Å². The number of aromatic nitrogens is 1. The standard InChI is InChI=1S/C18H21FN4O.ClH/c1-23(16-7-9-20-10-8-16)18(24)22-17-6-5-14(12-21-17)13-3-2-4-15(19)11-13;/h2-6,11-12,16,20H,7-10H2,1H3,(H,21,22,24);1H. The Morgan fingerprint density at radius 1 is 1.24 bits per heavy atom. The summed E-state index contributed by atoms with van der Waals surface area (Å²) in [5.41, 5.74) is 1.56. The Balaban J connectivity index is 0.00000225. The van der Waals surface area contributed by atoms with Crippen molar-refractivity contribution in [3.8, 4) is 11.1 Å². The molecular formula is C18H22ClFN4O. The first kappa shape index (κ1) is 19.1. The molecule has 1 aliphatic heterocycles. The van der Waals surface area contributed by atoms with E-state index < -0.39 is 0 Å². The predicted octanol–water partition coefficient (Wildman–Crippen LogP) is 3.53. The molecule has 2 aromatic rings. The molecule has 0 aliphatic carbocycles. The molecule has 0 atom stereocenters. The quantitative estimate of drug-likeness (QED) is 0.876. The number of rotatable bonds is 3. The van der Waals surface area contributed by atoms with Crippen molar-refractivity contribution in [1.82, 2.24) is 15.2 Å². The Bertz CT molecular complexity index is 704. The second-order valence-corrected chi connectivity index (χ2v) is 5.96. The summed E-state index contributed by atoms with van der Waals surface area (Å²) in [4.78, 5) is 18.3. The molecule has 1 fully saturated rings. The number of carbonyl (C=O) groups excluding carboxylic acids is 1. The minimum Gasteiger partial charge on any atom is -0.324 e. The average molecular weight is 365 g/mol. The highest BCUT2D eigenvalue weighted by Gasteiger charge is 2.22. The molecule has 0 radical (unpaired) electrons. The minimum atomic E-state index is -0.284. The highest BCUT2D eigenvalue weighted by Crippen LogP contribution is 2.20. The van der Waals surface area contributed by atoms with Gasteiger partial charge >= 0.3 is 6.03 Å². The van der Waals surface area contributed by atoms with E-state index in [4.69, 9.17) is 0 Å². The van der Waals surface area contributed by atoms with Crippen LogP contribution in [0.4, 0.5) is 15.0 Å². The van der Waals surface area contributed by atoms with Crippen LogP contribution in [0.2, 0.25) is 0 Å². The highest BCUT2D eigenvalue weighted by atomic mass is 35.5. The summed E-state index contributed by atoms with van der Waals surface area (Å²) in [6.45, 7) is 1.87. The number of pyridine rings is 1. The van der Waals surface area contributed by atoms with Crippen LogP contribution in [-0.4, -0.2) is 42.1 Å². The first-order valence-corrected chi connectivity index (χ1v) is 8.10. The predicted molar refractivity (Wildman–Crippen MR) is 99.6 cm³/mol. The molecule has 134 valence electrons. The molecule has 3 rings (SSSR count). The van der Waals surface area contributed by atoms with Crippen molar-refractivity contribution in [2.24, 2.45) is 0 Å². The lowest BCUT2D eigenvalue weighted by atomic mass is 10.1. The number of benzene rings is 1. The third-order valence-corrected chi connectivity index (χ3v) is 4.33. The van der Waals surface area contributed by atoms with Gasteiger partial charge in [-0.25, -0.2) is 14.2 Å². The van der Waals surface area contributed by atoms with Gasteiger partial charge in [0.05, 0.1) is 0 Å². The topological polar surface area (TPSA) is 57.3 Å². The maximum Gasteiger partial charge on any atom is 0.323 e. The maximum atomic E-state index is 13.3. The van der Waals surface area contributed by atoms with E-state index in [1.807, 2.05) is 19.2 Å². The Hall–Kier alpha value is -2.18. The fourth-order valence-corrected chi connectivity index (χ4v) is 2.86. The van der Waals surface area contributed by atoms with Crippen molar-refractivity contribution in [2.45, 2.75) is 18.9 Å². The molecule has 0 unspecified atom stereocenters. The average Bonchev–Trinajstić information content (AvgIpc) is 2.62. The third kappa shape index (κ3) is 4.90. The number of carbonyl (C=O) groups is 1. The molecule has 1 aliphatic rings. The van der Waals surface area contributed by atoms with E-state index in [9.17, 15) is 9.18 Å². The van der Waals surface area contributed by atoms with Gasteiger partial charge in [-0.1, -0.05) is 12.1 Å². The van der Waals surface area contributed by atoms with Crippen LogP contribution in [-0.2, 0) is 0 Å². The Morgan fingerprint density at radius 3 is 2.64 bits per heavy atom. The summed E-state index contributed by atoms with van der Waals surface area (Å²) in [5.74, 6) is 0.203. The monoisotopic (exact) mass is 364 g/mol. The van der Waals surface area contributed by atoms with Crippen LogP contribution in [0.25, 0.3) is 11.1 Å². The fraction of sp³-hybridized carbons (Fsp3) is 0.333. The van der Waals surface area contributed by atoms with Crippen LogP contribution in [0.5, 0.6) is 0 Å². The number of amides is 2. The number of hydrogen-bond acceptors (Lipinski definition) is 3. The molecule has 0 bridgehead atoms. The third-order valence-electron chi connectivity index (χ3n) is 4.33. The molecule has 2 N–H and O–H groups in total. The lowest BCUT2D eigenvalue weighted by Crippen LogP contribution is -2.45. The van der Waals surface area contributed by atoms with Crippen LogP contribution < -0.4 is 10.6 Å². The second kappa shape index (κ2) is 8.78. The van der Waals surface area contributed by atoms with Crippen molar-refractivity contribution >= 4 is 24.3 Å². The van der Waals surface area contributed by atoms with Gasteiger partial charge in [-0.3, -0.25) is 5.32 Å². The number of nitrogens with zero attached hydrogens (tertiary/aromatic N) is 2. The SMILES string of the molecule is CN(C(=O)Nc1ccc(-c2cccc(F)c2)cn1)C1CCNCC1.Cl. The van der Waals surface area contributed by atoms with Gasteiger partial charge in [0, 0.05) is 24.8 Å². The lowest BCUT2D eigenvalue weighted by molar-refractivity contribution is 0.189. The second-order valence-electron chi connectivity index (χ2n) is 5.96. The number of nitrogens with one attached hydrogen (secondary N) is 2. The first-order chi connectivity index (χ1) is 11.6. The molecule has 0 saturated carbocycles. The first-order valence-electron chi connectivity index (χ1n) is 8.10. The Morgan fingerprint density at radius 2 is 2.00 bits per heavy atom. The molecular weight excluding hydrogens is 343 g/mol. The summed E-state index contributed by atoms with van der Waals surface area (Å²) >= 11 is 0. The number of hydrogen-bond donors (Lipinski definition) is 2. The van der Waals surface area contributed by atoms with Gasteiger partial charge in [0.25, 0.3) is 0 Å². The maximum absolute atomic E-state index is 13.3. The Labute approximate surface area is 153 Å². The van der Waals surface area contributed by atoms with Crippen molar-refractivity contribution < 1.29 is 9.18 Å². The van der Waals surface area contributed by atoms with Crippen LogP contribution in [0.15, 0.2) is 42.6 Å². The summed E-state index contributed by atoms with van der Waals surface area (Å²) < 4.78 is 13.3. The van der Waals surface area contributed by atoms with E-state index in [0.29, 0.717) is 5.82 Å². The van der Waals surface area contributed by atoms with E-state index >= 15 is 0 Å². The summed E-state index contributed by atoms with van der Waals surface area (Å²) in [5, 5.41) is 6.10. The van der Waals surface area contributed by atoms with Crippen LogP contribution in [0, 0.1) is 5.82 Å². The van der Waals surface area contributed by atoms with Gasteiger partial charge in [-0.15, -0.1) is 12.4 Å². The number of anilines is 1. The normalized spacial score (nSPS) is 14.5. The van der Waals surface area contributed by atoms with E-state index in [-0.39, 0.29) is 30.3 Å². The molecule has 1 aromatic heterocycles. The zero-order valence-corrected chi connectivity index (χ0v) is 14.9. The van der Waals surface area contributed by atoms with Gasteiger partial charge in [0.15, 0.2) is 0 Å². The van der Waals surface area contributed by atoms with Crippen LogP contribution in [0.1, 0.15) is 12.8 Å². The largest absolute Gasteiger partial charge is 0.324 e. The molecule has 7 heteroatoms. The lowest BCUT2D eigenvalue weighted by Gasteiger charge is -2.31. The molecule has 5 nitrogen and oxygen atoms in total. The zero-order chi connectivity index (χ0) is 16.9. The molecule has 1 aromatic carbocycles. The van der Waals surface area contributed by atoms with Gasteiger partial charge in [-0.05, 0) is 55.8 Å². The Kier molecular flexibility index (Phi) is 6.73. The van der Waals surface area contributed by atoms with Gasteiger partial charge in [-0.2, -0.15) is 0 Å². The summed E-state index contributed by atoms with van der Waals surface area (Å²) in [7, 11) is 1.81. The summed E-state index contributed by atoms with van der Waals surface area (Å²) in [6, 6.07) is 9.99. The number of piperidine rings is 1. The molecule has 25 heavy (non-hydrogen) atoms. The van der Waals surface area contributed by atoms with E-state index in [0.717, 1.165) is 37.1 Å². The molecule has 2 heterocycles. The minimum absolute atomic E-state index is 0. The van der Waals surface area contributed by atoms with Crippen molar-refractivity contribution in [2.75, 3.05) is 25.5 Å². The number of halogens is 2. The van der Waals surface area contributed by atoms with E-state index in [2.05, 4.69) is 15.6 Å². The van der Waals surface area contributed by atoms with Gasteiger partial charge in [0.1, 0.15) is 11.6 Å². The van der Waals surface area contributed by atoms with Crippen molar-refractivity contribution in [3.63, 3.8) is 0 Å². The number of urea groups is 1. The van der Waals surface area contributed by atoms with Crippen molar-refractivity contribution in [1.29, 1.82) is 0 Å². The van der Waals surface area contributed by atoms with Crippen LogP contribution in [0.3, 0.4) is 0 Å². The highest BCUT2D eigenvalue weighted by molar-refractivity contribution is 5.88. The van der Waals surface area contributed by atoms with Gasteiger partial charge < -0.3 is 10.2 Å². The smallest absolute Gasteiger partial charge is 0.323 e. The molecule has 0 spiro atoms. The van der Waals surface area contributed by atoms with Crippen molar-refractivity contribution in [3.05, 3.63) is 48.4 Å². The van der Waals surface area contributed by atoms with E-state index in [1.54, 1.807) is 23.2 Å². The molecule has 2 amide bonds. The fourth-order valence-electron chi connectivity index (χ4n) is 2.86.